The van der Waals surface area contributed by atoms with Gasteiger partial charge in [-0.25, -0.2) is 9.18 Å². The van der Waals surface area contributed by atoms with Crippen LogP contribution in [0, 0.1) is 5.82 Å². The first-order valence-electron chi connectivity index (χ1n) is 13.3. The number of anilines is 1. The largest absolute Gasteiger partial charge is 0.496 e. The molecule has 1 atom stereocenters. The fraction of sp³-hybridized carbons (Fsp3) is 0.419. The van der Waals surface area contributed by atoms with Crippen molar-refractivity contribution < 1.29 is 23.5 Å². The monoisotopic (exact) mass is 535 g/mol. The maximum absolute atomic E-state index is 15.2. The summed E-state index contributed by atoms with van der Waals surface area (Å²) in [5.41, 5.74) is 1.83. The first kappa shape index (κ1) is 28.4. The van der Waals surface area contributed by atoms with Crippen molar-refractivity contribution in [3.05, 3.63) is 77.6 Å². The minimum absolute atomic E-state index is 0.0103. The van der Waals surface area contributed by atoms with Crippen LogP contribution in [0.4, 0.5) is 14.9 Å². The van der Waals surface area contributed by atoms with Crippen molar-refractivity contribution in [3.8, 4) is 5.75 Å². The van der Waals surface area contributed by atoms with E-state index in [1.165, 1.54) is 13.0 Å². The highest BCUT2D eigenvalue weighted by Crippen LogP contribution is 2.45. The number of nitrogens with one attached hydrogen (secondary N) is 2. The van der Waals surface area contributed by atoms with E-state index < -0.39 is 23.1 Å². The third-order valence-corrected chi connectivity index (χ3v) is 7.14. The molecule has 1 aliphatic heterocycles. The normalized spacial score (nSPS) is 20.2. The van der Waals surface area contributed by atoms with Gasteiger partial charge in [0.05, 0.1) is 18.3 Å². The van der Waals surface area contributed by atoms with Crippen LogP contribution >= 0.6 is 0 Å². The van der Waals surface area contributed by atoms with Gasteiger partial charge in [0.25, 0.3) is 0 Å². The first-order valence-corrected chi connectivity index (χ1v) is 13.3. The second-order valence-electron chi connectivity index (χ2n) is 11.1. The second kappa shape index (κ2) is 11.6. The Bertz CT molecular complexity index is 1270. The van der Waals surface area contributed by atoms with E-state index in [2.05, 4.69) is 27.7 Å². The maximum atomic E-state index is 15.2. The molecule has 7 nitrogen and oxygen atoms in total. The average molecular weight is 536 g/mol. The zero-order valence-electron chi connectivity index (χ0n) is 23.3. The molecule has 0 bridgehead atoms. The van der Waals surface area contributed by atoms with Gasteiger partial charge < -0.3 is 20.1 Å². The van der Waals surface area contributed by atoms with Crippen molar-refractivity contribution in [1.82, 2.24) is 10.2 Å². The molecule has 1 heterocycles. The van der Waals surface area contributed by atoms with E-state index in [0.717, 1.165) is 35.3 Å². The summed E-state index contributed by atoms with van der Waals surface area (Å²) in [4.78, 5) is 26.3. The van der Waals surface area contributed by atoms with Crippen molar-refractivity contribution in [1.29, 1.82) is 0 Å². The van der Waals surface area contributed by atoms with Crippen molar-refractivity contribution in [2.24, 2.45) is 0 Å². The molecule has 1 saturated heterocycles. The SMILES string of the molecule is COc1ccccc1C1=CC=CC(c2ccc(NC(C)=O)c(F)c2)(N2CCC(NC(=O)OC(C)(C)C)CC2)C1. The van der Waals surface area contributed by atoms with Gasteiger partial charge in [0.1, 0.15) is 17.2 Å². The number of allylic oxidation sites excluding steroid dienone is 2. The lowest BCUT2D eigenvalue weighted by atomic mass is 9.76. The minimum Gasteiger partial charge on any atom is -0.496 e. The molecule has 2 aliphatic rings. The van der Waals surface area contributed by atoms with Gasteiger partial charge in [-0.2, -0.15) is 0 Å². The van der Waals surface area contributed by atoms with Crippen molar-refractivity contribution >= 4 is 23.3 Å². The highest BCUT2D eigenvalue weighted by atomic mass is 19.1. The number of halogens is 1. The molecule has 1 aliphatic carbocycles. The number of piperidine rings is 1. The van der Waals surface area contributed by atoms with Gasteiger partial charge in [0.15, 0.2) is 0 Å². The molecular formula is C31H38FN3O4. The number of carbonyl (C=O) groups is 2. The molecule has 1 unspecified atom stereocenters. The number of benzene rings is 2. The lowest BCUT2D eigenvalue weighted by molar-refractivity contribution is -0.114. The summed E-state index contributed by atoms with van der Waals surface area (Å²) in [7, 11) is 1.66. The van der Waals surface area contributed by atoms with E-state index in [-0.39, 0.29) is 17.6 Å². The lowest BCUT2D eigenvalue weighted by Gasteiger charge is -2.47. The standard InChI is InChI=1S/C31H38FN3O4/c1-21(36)33-27-13-12-23(19-26(27)32)31(16-8-9-22(20-31)25-10-6-7-11-28(25)38-5)35-17-14-24(15-18-35)34-29(37)39-30(2,3)4/h6-13,16,19,24H,14-15,17-18,20H2,1-5H3,(H,33,36)(H,34,37). The Morgan fingerprint density at radius 2 is 1.82 bits per heavy atom. The van der Waals surface area contributed by atoms with Gasteiger partial charge in [0.2, 0.25) is 5.91 Å². The highest BCUT2D eigenvalue weighted by molar-refractivity contribution is 5.88. The molecule has 39 heavy (non-hydrogen) atoms. The summed E-state index contributed by atoms with van der Waals surface area (Å²) in [5.74, 6) is -0.0272. The van der Waals surface area contributed by atoms with Gasteiger partial charge >= 0.3 is 6.09 Å². The Balaban J connectivity index is 1.63. The van der Waals surface area contributed by atoms with Crippen molar-refractivity contribution in [2.75, 3.05) is 25.5 Å². The van der Waals surface area contributed by atoms with E-state index >= 15 is 4.39 Å². The van der Waals surface area contributed by atoms with Crippen molar-refractivity contribution in [2.45, 2.75) is 64.1 Å². The third kappa shape index (κ3) is 6.68. The smallest absolute Gasteiger partial charge is 0.407 e. The number of carbonyl (C=O) groups excluding carboxylic acids is 2. The third-order valence-electron chi connectivity index (χ3n) is 7.14. The lowest BCUT2D eigenvalue weighted by Crippen LogP contribution is -2.53. The average Bonchev–Trinajstić information content (AvgIpc) is 2.89. The number of nitrogens with zero attached hydrogens (tertiary/aromatic N) is 1. The van der Waals surface area contributed by atoms with Crippen LogP contribution in [-0.2, 0) is 15.1 Å². The summed E-state index contributed by atoms with van der Waals surface area (Å²) in [6.45, 7) is 8.28. The fourth-order valence-electron chi connectivity index (χ4n) is 5.40. The van der Waals surface area contributed by atoms with Gasteiger partial charge in [-0.1, -0.05) is 42.5 Å². The van der Waals surface area contributed by atoms with Crippen LogP contribution in [0.1, 0.15) is 58.1 Å². The van der Waals surface area contributed by atoms with Crippen LogP contribution in [0.5, 0.6) is 5.75 Å². The molecule has 8 heteroatoms. The maximum Gasteiger partial charge on any atom is 0.407 e. The zero-order chi connectivity index (χ0) is 28.2. The summed E-state index contributed by atoms with van der Waals surface area (Å²) in [6, 6.07) is 12.9. The number of para-hydroxylation sites is 1. The van der Waals surface area contributed by atoms with Gasteiger partial charge in [0, 0.05) is 31.6 Å². The molecule has 0 spiro atoms. The number of hydrogen-bond donors (Lipinski definition) is 2. The summed E-state index contributed by atoms with van der Waals surface area (Å²) < 4.78 is 26.3. The Hall–Kier alpha value is -3.65. The highest BCUT2D eigenvalue weighted by Gasteiger charge is 2.41. The number of alkyl carbamates (subject to hydrolysis) is 1. The molecule has 2 aromatic rings. The van der Waals surface area contributed by atoms with Crippen LogP contribution in [0.15, 0.2) is 60.7 Å². The molecule has 2 amide bonds. The van der Waals surface area contributed by atoms with Gasteiger partial charge in [-0.3, -0.25) is 9.69 Å². The number of ether oxygens (including phenoxy) is 2. The predicted molar refractivity (Wildman–Crippen MR) is 151 cm³/mol. The van der Waals surface area contributed by atoms with Crippen LogP contribution in [0.3, 0.4) is 0 Å². The summed E-state index contributed by atoms with van der Waals surface area (Å²) in [5, 5.41) is 5.56. The van der Waals surface area contributed by atoms with Crippen LogP contribution in [-0.4, -0.2) is 48.7 Å². The molecule has 1 fully saturated rings. The first-order chi connectivity index (χ1) is 18.5. The molecule has 208 valence electrons. The summed E-state index contributed by atoms with van der Waals surface area (Å²) in [6.07, 6.45) is 7.88. The summed E-state index contributed by atoms with van der Waals surface area (Å²) >= 11 is 0. The minimum atomic E-state index is -0.628. The van der Waals surface area contributed by atoms with E-state index in [1.54, 1.807) is 13.2 Å². The number of rotatable bonds is 6. The van der Waals surface area contributed by atoms with Crippen LogP contribution in [0.25, 0.3) is 5.57 Å². The fourth-order valence-corrected chi connectivity index (χ4v) is 5.40. The van der Waals surface area contributed by atoms with Crippen LogP contribution < -0.4 is 15.4 Å². The van der Waals surface area contributed by atoms with Gasteiger partial charge in [-0.05, 0) is 69.4 Å². The topological polar surface area (TPSA) is 79.9 Å². The predicted octanol–water partition coefficient (Wildman–Crippen LogP) is 6.02. The molecular weight excluding hydrogens is 497 g/mol. The Morgan fingerprint density at radius 1 is 1.10 bits per heavy atom. The zero-order valence-corrected chi connectivity index (χ0v) is 23.3. The molecule has 4 rings (SSSR count). The van der Waals surface area contributed by atoms with Crippen molar-refractivity contribution in [3.63, 3.8) is 0 Å². The van der Waals surface area contributed by atoms with E-state index in [0.29, 0.717) is 19.5 Å². The molecule has 0 saturated carbocycles. The number of amides is 2. The number of methoxy groups -OCH3 is 1. The Morgan fingerprint density at radius 3 is 2.46 bits per heavy atom. The Labute approximate surface area is 230 Å². The number of hydrogen-bond acceptors (Lipinski definition) is 5. The molecule has 0 radical (unpaired) electrons. The molecule has 2 N–H and O–H groups in total. The van der Waals surface area contributed by atoms with Gasteiger partial charge in [-0.15, -0.1) is 0 Å². The van der Waals surface area contributed by atoms with E-state index in [4.69, 9.17) is 9.47 Å². The molecule has 2 aromatic carbocycles. The molecule has 0 aromatic heterocycles. The van der Waals surface area contributed by atoms with E-state index in [9.17, 15) is 9.59 Å². The quantitative estimate of drug-likeness (QED) is 0.473. The van der Waals surface area contributed by atoms with Crippen LogP contribution in [0.2, 0.25) is 0 Å². The second-order valence-corrected chi connectivity index (χ2v) is 11.1. The Kier molecular flexibility index (Phi) is 8.45. The van der Waals surface area contributed by atoms with E-state index in [1.807, 2.05) is 57.2 Å². The number of likely N-dealkylation sites (tertiary alicyclic amines) is 1.